The molecule has 4 aromatic rings. The summed E-state index contributed by atoms with van der Waals surface area (Å²) in [5.41, 5.74) is 1.79. The monoisotopic (exact) mass is 448 g/mol. The average Bonchev–Trinajstić information content (AvgIpc) is 3.24. The molecule has 2 aromatic carbocycles. The molecule has 1 amide bonds. The molecule has 0 fully saturated rings. The van der Waals surface area contributed by atoms with Gasteiger partial charge in [-0.2, -0.15) is 9.78 Å². The Balaban J connectivity index is 1.29. The molecule has 0 atom stereocenters. The summed E-state index contributed by atoms with van der Waals surface area (Å²) in [6.45, 7) is 0.345. The van der Waals surface area contributed by atoms with Gasteiger partial charge >= 0.3 is 0 Å². The molecule has 2 heterocycles. The normalized spacial score (nSPS) is 10.5. The van der Waals surface area contributed by atoms with Gasteiger partial charge in [0, 0.05) is 11.6 Å². The van der Waals surface area contributed by atoms with E-state index in [4.69, 9.17) is 26.3 Å². The highest BCUT2D eigenvalue weighted by Crippen LogP contribution is 2.26. The fourth-order valence-corrected chi connectivity index (χ4v) is 3.05. The first kappa shape index (κ1) is 21.1. The molecule has 0 saturated carbocycles. The van der Waals surface area contributed by atoms with Crippen molar-refractivity contribution in [2.45, 2.75) is 0 Å². The largest absolute Gasteiger partial charge is 0.484 e. The number of benzene rings is 2. The maximum absolute atomic E-state index is 11.9. The van der Waals surface area contributed by atoms with Crippen molar-refractivity contribution < 1.29 is 14.3 Å². The van der Waals surface area contributed by atoms with Crippen LogP contribution in [-0.2, 0) is 4.79 Å². The molecule has 160 valence electrons. The van der Waals surface area contributed by atoms with E-state index in [0.717, 1.165) is 0 Å². The maximum atomic E-state index is 11.9. The number of aromatic nitrogens is 4. The van der Waals surface area contributed by atoms with Crippen molar-refractivity contribution in [2.75, 3.05) is 19.8 Å². The van der Waals surface area contributed by atoms with E-state index in [1.807, 2.05) is 24.3 Å². The van der Waals surface area contributed by atoms with Crippen LogP contribution in [0.3, 0.4) is 0 Å². The number of nitrogens with zero attached hydrogens (tertiary/aromatic N) is 5. The Morgan fingerprint density at radius 2 is 1.88 bits per heavy atom. The van der Waals surface area contributed by atoms with Crippen molar-refractivity contribution in [3.63, 3.8) is 0 Å². The molecule has 1 N–H and O–H groups in total. The molecule has 0 unspecified atom stereocenters. The van der Waals surface area contributed by atoms with Gasteiger partial charge in [-0.25, -0.2) is 0 Å². The number of nitriles is 1. The highest BCUT2D eigenvalue weighted by atomic mass is 35.5. The minimum absolute atomic E-state index is 0.141. The van der Waals surface area contributed by atoms with Crippen LogP contribution in [0.2, 0.25) is 5.02 Å². The predicted molar refractivity (Wildman–Crippen MR) is 116 cm³/mol. The molecule has 4 rings (SSSR count). The first-order valence-corrected chi connectivity index (χ1v) is 10.0. The summed E-state index contributed by atoms with van der Waals surface area (Å²) >= 11 is 6.26. The molecule has 0 aliphatic carbocycles. The van der Waals surface area contributed by atoms with E-state index < -0.39 is 0 Å². The standard InChI is InChI=1S/C22H17ClN6O3/c23-18-4-2-1-3-17(18)22-27-26-19-9-10-21(28-29(19)22)31-12-11-25-20(30)14-32-16-7-5-15(13-24)6-8-16/h1-10H,11-12,14H2,(H,25,30). The van der Waals surface area contributed by atoms with Gasteiger partial charge in [-0.15, -0.1) is 15.3 Å². The SMILES string of the molecule is N#Cc1ccc(OCC(=O)NCCOc2ccc3nnc(-c4ccccc4Cl)n3n2)cc1. The molecule has 0 aliphatic heterocycles. The number of ether oxygens (including phenoxy) is 2. The average molecular weight is 449 g/mol. The van der Waals surface area contributed by atoms with Crippen LogP contribution in [-0.4, -0.2) is 45.5 Å². The van der Waals surface area contributed by atoms with Crippen molar-refractivity contribution in [3.8, 4) is 29.1 Å². The number of nitrogens with one attached hydrogen (secondary N) is 1. The number of rotatable bonds is 8. The summed E-state index contributed by atoms with van der Waals surface area (Å²) in [4.78, 5) is 11.9. The van der Waals surface area contributed by atoms with Gasteiger partial charge in [0.1, 0.15) is 12.4 Å². The van der Waals surface area contributed by atoms with Crippen LogP contribution >= 0.6 is 11.6 Å². The number of hydrogen-bond donors (Lipinski definition) is 1. The van der Waals surface area contributed by atoms with Crippen molar-refractivity contribution in [3.05, 3.63) is 71.2 Å². The van der Waals surface area contributed by atoms with Crippen LogP contribution in [0, 0.1) is 11.3 Å². The fourth-order valence-electron chi connectivity index (χ4n) is 2.83. The smallest absolute Gasteiger partial charge is 0.258 e. The first-order chi connectivity index (χ1) is 15.6. The Labute approximate surface area is 188 Å². The fraction of sp³-hybridized carbons (Fsp3) is 0.136. The van der Waals surface area contributed by atoms with Crippen LogP contribution in [0.25, 0.3) is 17.0 Å². The van der Waals surface area contributed by atoms with Gasteiger partial charge in [-0.3, -0.25) is 4.79 Å². The van der Waals surface area contributed by atoms with Gasteiger partial charge in [-0.05, 0) is 42.5 Å². The third kappa shape index (κ3) is 4.94. The number of carbonyl (C=O) groups excluding carboxylic acids is 1. The molecule has 0 radical (unpaired) electrons. The molecular formula is C22H17ClN6O3. The lowest BCUT2D eigenvalue weighted by atomic mass is 10.2. The van der Waals surface area contributed by atoms with Gasteiger partial charge in [0.05, 0.1) is 23.2 Å². The molecule has 9 nitrogen and oxygen atoms in total. The van der Waals surface area contributed by atoms with Crippen LogP contribution in [0.5, 0.6) is 11.6 Å². The summed E-state index contributed by atoms with van der Waals surface area (Å²) < 4.78 is 12.6. The van der Waals surface area contributed by atoms with Crippen molar-refractivity contribution in [1.29, 1.82) is 5.26 Å². The van der Waals surface area contributed by atoms with Crippen molar-refractivity contribution in [2.24, 2.45) is 0 Å². The Kier molecular flexibility index (Phi) is 6.43. The Morgan fingerprint density at radius 1 is 1.06 bits per heavy atom. The Morgan fingerprint density at radius 3 is 2.66 bits per heavy atom. The Hall–Kier alpha value is -4.16. The number of hydrogen-bond acceptors (Lipinski definition) is 7. The van der Waals surface area contributed by atoms with Gasteiger partial charge in [0.15, 0.2) is 18.1 Å². The number of carbonyl (C=O) groups is 1. The highest BCUT2D eigenvalue weighted by Gasteiger charge is 2.13. The van der Waals surface area contributed by atoms with Crippen molar-refractivity contribution >= 4 is 23.2 Å². The van der Waals surface area contributed by atoms with Crippen LogP contribution in [0.4, 0.5) is 0 Å². The van der Waals surface area contributed by atoms with E-state index >= 15 is 0 Å². The number of fused-ring (bicyclic) bond motifs is 1. The summed E-state index contributed by atoms with van der Waals surface area (Å²) in [6, 6.07) is 19.3. The van der Waals surface area contributed by atoms with Crippen LogP contribution < -0.4 is 14.8 Å². The van der Waals surface area contributed by atoms with Gasteiger partial charge in [0.2, 0.25) is 5.88 Å². The summed E-state index contributed by atoms with van der Waals surface area (Å²) in [5.74, 6) is 1.08. The zero-order valence-electron chi connectivity index (χ0n) is 16.7. The summed E-state index contributed by atoms with van der Waals surface area (Å²) in [6.07, 6.45) is 0. The predicted octanol–water partition coefficient (Wildman–Crippen LogP) is 2.89. The molecule has 0 aliphatic rings. The van der Waals surface area contributed by atoms with E-state index in [1.165, 1.54) is 0 Å². The zero-order valence-corrected chi connectivity index (χ0v) is 17.5. The second-order valence-corrected chi connectivity index (χ2v) is 6.98. The van der Waals surface area contributed by atoms with Gasteiger partial charge in [-0.1, -0.05) is 23.7 Å². The molecule has 10 heteroatoms. The lowest BCUT2D eigenvalue weighted by Gasteiger charge is -2.09. The first-order valence-electron chi connectivity index (χ1n) is 9.64. The van der Waals surface area contributed by atoms with E-state index in [0.29, 0.717) is 39.3 Å². The third-order valence-corrected chi connectivity index (χ3v) is 4.71. The minimum atomic E-state index is -0.291. The van der Waals surface area contributed by atoms with E-state index in [9.17, 15) is 4.79 Å². The Bertz CT molecular complexity index is 1280. The summed E-state index contributed by atoms with van der Waals surface area (Å²) in [7, 11) is 0. The van der Waals surface area contributed by atoms with Gasteiger partial charge in [0.25, 0.3) is 5.91 Å². The lowest BCUT2D eigenvalue weighted by molar-refractivity contribution is -0.123. The molecule has 32 heavy (non-hydrogen) atoms. The molecule has 0 saturated heterocycles. The highest BCUT2D eigenvalue weighted by molar-refractivity contribution is 6.33. The van der Waals surface area contributed by atoms with E-state index in [2.05, 4.69) is 20.6 Å². The van der Waals surface area contributed by atoms with E-state index in [1.54, 1.807) is 47.0 Å². The van der Waals surface area contributed by atoms with Crippen LogP contribution in [0.15, 0.2) is 60.7 Å². The molecule has 2 aromatic heterocycles. The molecular weight excluding hydrogens is 432 g/mol. The quantitative estimate of drug-likeness (QED) is 0.412. The van der Waals surface area contributed by atoms with Gasteiger partial charge < -0.3 is 14.8 Å². The zero-order chi connectivity index (χ0) is 22.3. The van der Waals surface area contributed by atoms with Crippen LogP contribution in [0.1, 0.15) is 5.56 Å². The minimum Gasteiger partial charge on any atom is -0.484 e. The number of halogens is 1. The maximum Gasteiger partial charge on any atom is 0.258 e. The van der Waals surface area contributed by atoms with E-state index in [-0.39, 0.29) is 25.7 Å². The lowest BCUT2D eigenvalue weighted by Crippen LogP contribution is -2.32. The summed E-state index contributed by atoms with van der Waals surface area (Å²) in [5, 5.41) is 24.7. The third-order valence-electron chi connectivity index (χ3n) is 4.38. The van der Waals surface area contributed by atoms with Crippen molar-refractivity contribution in [1.82, 2.24) is 25.1 Å². The molecule has 0 bridgehead atoms. The number of amides is 1. The second-order valence-electron chi connectivity index (χ2n) is 6.57. The topological polar surface area (TPSA) is 114 Å². The molecule has 0 spiro atoms. The second kappa shape index (κ2) is 9.76.